The molecule has 5 nitrogen and oxygen atoms in total. The number of carbonyl (C=O) groups excluding carboxylic acids is 1. The fraction of sp³-hybridized carbons (Fsp3) is 0.105. The van der Waals surface area contributed by atoms with Gasteiger partial charge in [0.2, 0.25) is 5.95 Å². The van der Waals surface area contributed by atoms with Gasteiger partial charge in [-0.2, -0.15) is 0 Å². The Kier molecular flexibility index (Phi) is 5.40. The summed E-state index contributed by atoms with van der Waals surface area (Å²) in [5.74, 6) is 0.0431. The van der Waals surface area contributed by atoms with Crippen LogP contribution in [0.4, 0.5) is 17.3 Å². The van der Waals surface area contributed by atoms with Crippen LogP contribution in [0.3, 0.4) is 0 Å². The maximum atomic E-state index is 12.4. The standard InChI is InChI=1S/C19H16Cl2N4O/c1-11-6-7-15(12(2)8-11)24-18(26)13-9-22-19(23-10-13)25-16-5-3-4-14(20)17(16)21/h3-10H,1-2H3,(H,24,26)(H,22,23,25). The van der Waals surface area contributed by atoms with Crippen molar-refractivity contribution in [1.29, 1.82) is 0 Å². The second-order valence-corrected chi connectivity index (χ2v) is 6.58. The van der Waals surface area contributed by atoms with E-state index in [1.807, 2.05) is 32.0 Å². The van der Waals surface area contributed by atoms with E-state index in [2.05, 4.69) is 20.6 Å². The molecule has 0 atom stereocenters. The lowest BCUT2D eigenvalue weighted by molar-refractivity contribution is 0.102. The molecular formula is C19H16Cl2N4O. The quantitative estimate of drug-likeness (QED) is 0.629. The highest BCUT2D eigenvalue weighted by atomic mass is 35.5. The lowest BCUT2D eigenvalue weighted by atomic mass is 10.1. The van der Waals surface area contributed by atoms with Crippen LogP contribution in [0.2, 0.25) is 10.0 Å². The monoisotopic (exact) mass is 386 g/mol. The number of benzene rings is 2. The zero-order valence-corrected chi connectivity index (χ0v) is 15.7. The third kappa shape index (κ3) is 4.12. The van der Waals surface area contributed by atoms with Crippen molar-refractivity contribution in [3.8, 4) is 0 Å². The Morgan fingerprint density at radius 2 is 1.73 bits per heavy atom. The van der Waals surface area contributed by atoms with Crippen molar-refractivity contribution < 1.29 is 4.79 Å². The van der Waals surface area contributed by atoms with Gasteiger partial charge in [0.25, 0.3) is 5.91 Å². The van der Waals surface area contributed by atoms with Crippen molar-refractivity contribution in [1.82, 2.24) is 9.97 Å². The number of anilines is 3. The molecule has 0 aliphatic rings. The van der Waals surface area contributed by atoms with Gasteiger partial charge in [-0.05, 0) is 37.6 Å². The fourth-order valence-corrected chi connectivity index (χ4v) is 2.73. The van der Waals surface area contributed by atoms with Gasteiger partial charge in [-0.25, -0.2) is 9.97 Å². The molecule has 0 radical (unpaired) electrons. The zero-order valence-electron chi connectivity index (χ0n) is 14.2. The Morgan fingerprint density at radius 3 is 2.42 bits per heavy atom. The molecule has 0 bridgehead atoms. The van der Waals surface area contributed by atoms with Gasteiger partial charge in [-0.1, -0.05) is 47.0 Å². The number of hydrogen-bond acceptors (Lipinski definition) is 4. The van der Waals surface area contributed by atoms with Gasteiger partial charge in [0, 0.05) is 18.1 Å². The second kappa shape index (κ2) is 7.72. The molecule has 0 spiro atoms. The van der Waals surface area contributed by atoms with Crippen molar-refractivity contribution >= 4 is 46.4 Å². The summed E-state index contributed by atoms with van der Waals surface area (Å²) in [7, 11) is 0. The Hall–Kier alpha value is -2.63. The fourth-order valence-electron chi connectivity index (χ4n) is 2.38. The number of nitrogens with one attached hydrogen (secondary N) is 2. The van der Waals surface area contributed by atoms with Crippen molar-refractivity contribution in [2.24, 2.45) is 0 Å². The lowest BCUT2D eigenvalue weighted by Gasteiger charge is -2.10. The maximum Gasteiger partial charge on any atom is 0.258 e. The summed E-state index contributed by atoms with van der Waals surface area (Å²) in [5, 5.41) is 6.65. The van der Waals surface area contributed by atoms with Crippen molar-refractivity contribution in [3.63, 3.8) is 0 Å². The Bertz CT molecular complexity index is 958. The number of carbonyl (C=O) groups is 1. The van der Waals surface area contributed by atoms with E-state index in [1.54, 1.807) is 18.2 Å². The topological polar surface area (TPSA) is 66.9 Å². The largest absolute Gasteiger partial charge is 0.323 e. The van der Waals surface area contributed by atoms with Gasteiger partial charge in [0.05, 0.1) is 21.3 Å². The molecule has 3 aromatic rings. The van der Waals surface area contributed by atoms with Crippen molar-refractivity contribution in [2.75, 3.05) is 10.6 Å². The Labute approximate surface area is 161 Å². The van der Waals surface area contributed by atoms with Gasteiger partial charge in [0.15, 0.2) is 0 Å². The molecule has 0 unspecified atom stereocenters. The minimum Gasteiger partial charge on any atom is -0.323 e. The third-order valence-corrected chi connectivity index (χ3v) is 4.56. The molecule has 7 heteroatoms. The van der Waals surface area contributed by atoms with Gasteiger partial charge >= 0.3 is 0 Å². The molecule has 2 aromatic carbocycles. The smallest absolute Gasteiger partial charge is 0.258 e. The van der Waals surface area contributed by atoms with Crippen LogP contribution >= 0.6 is 23.2 Å². The summed E-state index contributed by atoms with van der Waals surface area (Å²) in [6, 6.07) is 11.0. The highest BCUT2D eigenvalue weighted by molar-refractivity contribution is 6.43. The van der Waals surface area contributed by atoms with Crippen molar-refractivity contribution in [2.45, 2.75) is 13.8 Å². The van der Waals surface area contributed by atoms with E-state index in [1.165, 1.54) is 12.4 Å². The molecule has 3 rings (SSSR count). The number of aryl methyl sites for hydroxylation is 2. The normalized spacial score (nSPS) is 10.5. The van der Waals surface area contributed by atoms with E-state index in [9.17, 15) is 4.79 Å². The van der Waals surface area contributed by atoms with Gasteiger partial charge in [0.1, 0.15) is 0 Å². The summed E-state index contributed by atoms with van der Waals surface area (Å²) in [5.41, 5.74) is 3.83. The summed E-state index contributed by atoms with van der Waals surface area (Å²) in [4.78, 5) is 20.7. The van der Waals surface area contributed by atoms with Crippen molar-refractivity contribution in [3.05, 3.63) is 75.5 Å². The number of rotatable bonds is 4. The second-order valence-electron chi connectivity index (χ2n) is 5.79. The van der Waals surface area contributed by atoms with E-state index in [-0.39, 0.29) is 5.91 Å². The lowest BCUT2D eigenvalue weighted by Crippen LogP contribution is -2.14. The SMILES string of the molecule is Cc1ccc(NC(=O)c2cnc(Nc3cccc(Cl)c3Cl)nc2)c(C)c1. The van der Waals surface area contributed by atoms with Crippen LogP contribution in [0.25, 0.3) is 0 Å². The summed E-state index contributed by atoms with van der Waals surface area (Å²) < 4.78 is 0. The first-order chi connectivity index (χ1) is 12.4. The molecule has 1 heterocycles. The summed E-state index contributed by atoms with van der Waals surface area (Å²) in [6.07, 6.45) is 2.90. The minimum absolute atomic E-state index is 0.274. The highest BCUT2D eigenvalue weighted by Crippen LogP contribution is 2.30. The molecule has 0 saturated carbocycles. The number of aromatic nitrogens is 2. The first-order valence-electron chi connectivity index (χ1n) is 7.86. The average Bonchev–Trinajstić information content (AvgIpc) is 2.62. The number of nitrogens with zero attached hydrogens (tertiary/aromatic N) is 2. The van der Waals surface area contributed by atoms with Crippen LogP contribution < -0.4 is 10.6 Å². The average molecular weight is 387 g/mol. The zero-order chi connectivity index (χ0) is 18.7. The minimum atomic E-state index is -0.274. The van der Waals surface area contributed by atoms with Crippen LogP contribution in [0, 0.1) is 13.8 Å². The van der Waals surface area contributed by atoms with Crippen LogP contribution in [-0.2, 0) is 0 Å². The van der Waals surface area contributed by atoms with E-state index >= 15 is 0 Å². The molecule has 1 amide bonds. The number of halogens is 2. The van der Waals surface area contributed by atoms with Crippen LogP contribution in [0.5, 0.6) is 0 Å². The number of hydrogen-bond donors (Lipinski definition) is 2. The molecular weight excluding hydrogens is 371 g/mol. The molecule has 132 valence electrons. The van der Waals surface area contributed by atoms with E-state index in [0.717, 1.165) is 16.8 Å². The van der Waals surface area contributed by atoms with Gasteiger partial charge in [-0.15, -0.1) is 0 Å². The molecule has 2 N–H and O–H groups in total. The Morgan fingerprint density at radius 1 is 1.00 bits per heavy atom. The van der Waals surface area contributed by atoms with Crippen LogP contribution in [0.1, 0.15) is 21.5 Å². The van der Waals surface area contributed by atoms with Gasteiger partial charge in [-0.3, -0.25) is 4.79 Å². The first kappa shape index (κ1) is 18.2. The predicted molar refractivity (Wildman–Crippen MR) is 106 cm³/mol. The summed E-state index contributed by atoms with van der Waals surface area (Å²) in [6.45, 7) is 3.95. The van der Waals surface area contributed by atoms with E-state index in [4.69, 9.17) is 23.2 Å². The predicted octanol–water partition coefficient (Wildman–Crippen LogP) is 5.40. The van der Waals surface area contributed by atoms with E-state index in [0.29, 0.717) is 27.2 Å². The van der Waals surface area contributed by atoms with Crippen LogP contribution in [0.15, 0.2) is 48.8 Å². The first-order valence-corrected chi connectivity index (χ1v) is 8.61. The molecule has 0 saturated heterocycles. The number of amides is 1. The third-order valence-electron chi connectivity index (χ3n) is 3.74. The summed E-state index contributed by atoms with van der Waals surface area (Å²) >= 11 is 12.1. The van der Waals surface area contributed by atoms with E-state index < -0.39 is 0 Å². The van der Waals surface area contributed by atoms with Crippen LogP contribution in [-0.4, -0.2) is 15.9 Å². The maximum absolute atomic E-state index is 12.4. The molecule has 0 aliphatic heterocycles. The Balaban J connectivity index is 1.72. The molecule has 26 heavy (non-hydrogen) atoms. The van der Waals surface area contributed by atoms with Gasteiger partial charge < -0.3 is 10.6 Å². The molecule has 0 aliphatic carbocycles. The molecule has 1 aromatic heterocycles. The highest BCUT2D eigenvalue weighted by Gasteiger charge is 2.10. The molecule has 0 fully saturated rings.